The van der Waals surface area contributed by atoms with Crippen molar-refractivity contribution in [2.75, 3.05) is 17.7 Å². The van der Waals surface area contributed by atoms with Gasteiger partial charge in [0.05, 0.1) is 24.6 Å². The summed E-state index contributed by atoms with van der Waals surface area (Å²) in [4.78, 5) is 16.9. The average molecular weight is 361 g/mol. The number of nitrogens with one attached hydrogen (secondary N) is 2. The Balaban J connectivity index is 1.72. The Labute approximate surface area is 159 Å². The van der Waals surface area contributed by atoms with E-state index in [-0.39, 0.29) is 5.91 Å². The lowest BCUT2D eigenvalue weighted by Gasteiger charge is -2.14. The van der Waals surface area contributed by atoms with Crippen LogP contribution in [0.15, 0.2) is 66.9 Å². The summed E-state index contributed by atoms with van der Waals surface area (Å²) in [6.45, 7) is 4.31. The van der Waals surface area contributed by atoms with Crippen LogP contribution in [0.4, 0.5) is 17.2 Å². The van der Waals surface area contributed by atoms with Gasteiger partial charge in [-0.25, -0.2) is 4.98 Å². The van der Waals surface area contributed by atoms with Crippen molar-refractivity contribution in [3.05, 3.63) is 78.0 Å². The van der Waals surface area contributed by atoms with Gasteiger partial charge in [-0.05, 0) is 41.8 Å². The number of rotatable bonds is 6. The van der Waals surface area contributed by atoms with Crippen LogP contribution in [-0.2, 0) is 0 Å². The number of amides is 1. The summed E-state index contributed by atoms with van der Waals surface area (Å²) in [6.07, 6.45) is 1.63. The fourth-order valence-electron chi connectivity index (χ4n) is 2.82. The second-order valence-corrected chi connectivity index (χ2v) is 6.45. The summed E-state index contributed by atoms with van der Waals surface area (Å²) in [5.74, 6) is 1.43. The van der Waals surface area contributed by atoms with Gasteiger partial charge < -0.3 is 15.4 Å². The van der Waals surface area contributed by atoms with Crippen molar-refractivity contribution in [3.8, 4) is 5.75 Å². The zero-order valence-corrected chi connectivity index (χ0v) is 15.7. The number of hydrogen-bond acceptors (Lipinski definition) is 4. The number of carbonyl (C=O) groups excluding carboxylic acids is 1. The minimum Gasteiger partial charge on any atom is -0.496 e. The van der Waals surface area contributed by atoms with E-state index < -0.39 is 0 Å². The number of ether oxygens (including phenoxy) is 1. The van der Waals surface area contributed by atoms with E-state index in [2.05, 4.69) is 35.5 Å². The smallest absolute Gasteiger partial charge is 0.259 e. The van der Waals surface area contributed by atoms with E-state index >= 15 is 0 Å². The van der Waals surface area contributed by atoms with Gasteiger partial charge in [-0.1, -0.05) is 44.2 Å². The monoisotopic (exact) mass is 361 g/mol. The molecule has 0 spiro atoms. The maximum absolute atomic E-state index is 12.5. The summed E-state index contributed by atoms with van der Waals surface area (Å²) in [5, 5.41) is 6.18. The highest BCUT2D eigenvalue weighted by molar-refractivity contribution is 6.06. The molecule has 0 saturated heterocycles. The van der Waals surface area contributed by atoms with Gasteiger partial charge in [0.1, 0.15) is 11.6 Å². The highest BCUT2D eigenvalue weighted by atomic mass is 16.5. The van der Waals surface area contributed by atoms with Gasteiger partial charge in [0, 0.05) is 5.69 Å². The van der Waals surface area contributed by atoms with Crippen LogP contribution in [-0.4, -0.2) is 18.0 Å². The molecular formula is C22H23N3O2. The molecule has 0 unspecified atom stereocenters. The molecule has 0 bridgehead atoms. The first-order valence-corrected chi connectivity index (χ1v) is 8.85. The Morgan fingerprint density at radius 3 is 2.44 bits per heavy atom. The van der Waals surface area contributed by atoms with E-state index in [1.165, 1.54) is 5.56 Å². The van der Waals surface area contributed by atoms with E-state index in [9.17, 15) is 4.79 Å². The van der Waals surface area contributed by atoms with E-state index in [1.807, 2.05) is 36.4 Å². The minimum absolute atomic E-state index is 0.236. The molecule has 5 heteroatoms. The molecule has 0 aliphatic rings. The molecule has 1 amide bonds. The van der Waals surface area contributed by atoms with Gasteiger partial charge in [0.25, 0.3) is 5.91 Å². The molecule has 0 radical (unpaired) electrons. The first-order valence-electron chi connectivity index (χ1n) is 8.85. The summed E-state index contributed by atoms with van der Waals surface area (Å²) in [7, 11) is 1.54. The molecule has 1 heterocycles. The fraction of sp³-hybridized carbons (Fsp3) is 0.182. The van der Waals surface area contributed by atoms with Crippen molar-refractivity contribution in [1.29, 1.82) is 0 Å². The number of methoxy groups -OCH3 is 1. The van der Waals surface area contributed by atoms with Crippen LogP contribution >= 0.6 is 0 Å². The minimum atomic E-state index is -0.236. The SMILES string of the molecule is COc1ccccc1C(=O)Nc1ccc(Nc2ccccc2C(C)C)nc1. The van der Waals surface area contributed by atoms with Gasteiger partial charge in [-0.15, -0.1) is 0 Å². The van der Waals surface area contributed by atoms with Gasteiger partial charge >= 0.3 is 0 Å². The normalized spacial score (nSPS) is 10.5. The van der Waals surface area contributed by atoms with Gasteiger partial charge in [0.2, 0.25) is 0 Å². The van der Waals surface area contributed by atoms with Crippen LogP contribution in [0.1, 0.15) is 35.7 Å². The number of anilines is 3. The topological polar surface area (TPSA) is 63.2 Å². The molecule has 5 nitrogen and oxygen atoms in total. The molecular weight excluding hydrogens is 338 g/mol. The van der Waals surface area contributed by atoms with Crippen molar-refractivity contribution < 1.29 is 9.53 Å². The number of para-hydroxylation sites is 2. The summed E-state index contributed by atoms with van der Waals surface area (Å²) >= 11 is 0. The molecule has 0 saturated carbocycles. The Bertz CT molecular complexity index is 921. The number of nitrogens with zero attached hydrogens (tertiary/aromatic N) is 1. The number of aromatic nitrogens is 1. The lowest BCUT2D eigenvalue weighted by molar-refractivity contribution is 0.102. The molecule has 27 heavy (non-hydrogen) atoms. The summed E-state index contributed by atoms with van der Waals surface area (Å²) in [6, 6.07) is 18.9. The lowest BCUT2D eigenvalue weighted by Crippen LogP contribution is -2.13. The molecule has 3 rings (SSSR count). The molecule has 0 atom stereocenters. The molecule has 2 N–H and O–H groups in total. The van der Waals surface area contributed by atoms with E-state index in [0.29, 0.717) is 22.9 Å². The predicted molar refractivity (Wildman–Crippen MR) is 109 cm³/mol. The van der Waals surface area contributed by atoms with Crippen LogP contribution in [0.5, 0.6) is 5.75 Å². The lowest BCUT2D eigenvalue weighted by atomic mass is 10.0. The number of benzene rings is 2. The van der Waals surface area contributed by atoms with E-state index in [0.717, 1.165) is 11.5 Å². The van der Waals surface area contributed by atoms with Crippen molar-refractivity contribution in [3.63, 3.8) is 0 Å². The Kier molecular flexibility index (Phi) is 5.71. The van der Waals surface area contributed by atoms with Gasteiger partial charge in [-0.3, -0.25) is 4.79 Å². The van der Waals surface area contributed by atoms with Crippen molar-refractivity contribution >= 4 is 23.1 Å². The average Bonchev–Trinajstić information content (AvgIpc) is 2.69. The third-order valence-corrected chi connectivity index (χ3v) is 4.22. The largest absolute Gasteiger partial charge is 0.496 e. The molecule has 3 aromatic rings. The highest BCUT2D eigenvalue weighted by Gasteiger charge is 2.12. The van der Waals surface area contributed by atoms with Gasteiger partial charge in [0.15, 0.2) is 0 Å². The van der Waals surface area contributed by atoms with Crippen LogP contribution in [0.2, 0.25) is 0 Å². The van der Waals surface area contributed by atoms with Crippen LogP contribution in [0.3, 0.4) is 0 Å². The maximum Gasteiger partial charge on any atom is 0.259 e. The fourth-order valence-corrected chi connectivity index (χ4v) is 2.82. The molecule has 1 aromatic heterocycles. The van der Waals surface area contributed by atoms with E-state index in [1.54, 1.807) is 31.5 Å². The molecule has 2 aromatic carbocycles. The van der Waals surface area contributed by atoms with Gasteiger partial charge in [-0.2, -0.15) is 0 Å². The van der Waals surface area contributed by atoms with Crippen LogP contribution < -0.4 is 15.4 Å². The summed E-state index contributed by atoms with van der Waals surface area (Å²) < 4.78 is 5.23. The zero-order chi connectivity index (χ0) is 19.2. The number of hydrogen-bond donors (Lipinski definition) is 2. The quantitative estimate of drug-likeness (QED) is 0.633. The first kappa shape index (κ1) is 18.5. The van der Waals surface area contributed by atoms with Crippen molar-refractivity contribution in [2.45, 2.75) is 19.8 Å². The first-order chi connectivity index (χ1) is 13.1. The van der Waals surface area contributed by atoms with Crippen molar-refractivity contribution in [1.82, 2.24) is 4.98 Å². The second kappa shape index (κ2) is 8.36. The van der Waals surface area contributed by atoms with Crippen molar-refractivity contribution in [2.24, 2.45) is 0 Å². The third kappa shape index (κ3) is 4.44. The Morgan fingerprint density at radius 1 is 1.00 bits per heavy atom. The molecule has 0 aliphatic carbocycles. The Morgan fingerprint density at radius 2 is 1.74 bits per heavy atom. The maximum atomic E-state index is 12.5. The standard InChI is InChI=1S/C22H23N3O2/c1-15(2)17-8-4-6-10-19(17)25-21-13-12-16(14-23-21)24-22(26)18-9-5-7-11-20(18)27-3/h4-15H,1-3H3,(H,23,25)(H,24,26). The second-order valence-electron chi connectivity index (χ2n) is 6.45. The highest BCUT2D eigenvalue weighted by Crippen LogP contribution is 2.26. The summed E-state index contributed by atoms with van der Waals surface area (Å²) in [5.41, 5.74) is 3.36. The molecule has 138 valence electrons. The Hall–Kier alpha value is -3.34. The number of pyridine rings is 1. The van der Waals surface area contributed by atoms with Crippen LogP contribution in [0, 0.1) is 0 Å². The zero-order valence-electron chi connectivity index (χ0n) is 15.7. The molecule has 0 fully saturated rings. The number of carbonyl (C=O) groups is 1. The molecule has 0 aliphatic heterocycles. The van der Waals surface area contributed by atoms with Crippen LogP contribution in [0.25, 0.3) is 0 Å². The predicted octanol–water partition coefficient (Wildman–Crippen LogP) is 5.21. The van der Waals surface area contributed by atoms with E-state index in [4.69, 9.17) is 4.74 Å². The third-order valence-electron chi connectivity index (χ3n) is 4.22.